The summed E-state index contributed by atoms with van der Waals surface area (Å²) in [5.41, 5.74) is 0.491. The van der Waals surface area contributed by atoms with Crippen LogP contribution < -0.4 is 9.47 Å². The fourth-order valence-electron chi connectivity index (χ4n) is 2.70. The molecule has 3 rings (SSSR count). The first-order valence-corrected chi connectivity index (χ1v) is 9.14. The van der Waals surface area contributed by atoms with Gasteiger partial charge in [0.05, 0.1) is 0 Å². The molecule has 1 saturated carbocycles. The van der Waals surface area contributed by atoms with E-state index in [2.05, 4.69) is 34.6 Å². The molecular weight excluding hydrogens is 328 g/mol. The molecule has 0 radical (unpaired) electrons. The van der Waals surface area contributed by atoms with Gasteiger partial charge in [0, 0.05) is 11.6 Å². The van der Waals surface area contributed by atoms with E-state index in [0.29, 0.717) is 11.7 Å². The van der Waals surface area contributed by atoms with Gasteiger partial charge in [-0.1, -0.05) is 20.8 Å². The molecule has 0 atom stereocenters. The molecular formula is C22H28O4. The van der Waals surface area contributed by atoms with Crippen molar-refractivity contribution in [3.05, 3.63) is 42.0 Å². The van der Waals surface area contributed by atoms with Crippen LogP contribution in [0.25, 0.3) is 0 Å². The number of aromatic hydroxyl groups is 2. The maximum absolute atomic E-state index is 10.3. The molecule has 0 aliphatic heterocycles. The van der Waals surface area contributed by atoms with Crippen LogP contribution >= 0.6 is 0 Å². The highest BCUT2D eigenvalue weighted by Crippen LogP contribution is 2.53. The van der Waals surface area contributed by atoms with Gasteiger partial charge in [-0.05, 0) is 68.4 Å². The molecule has 26 heavy (non-hydrogen) atoms. The largest absolute Gasteiger partial charge is 0.508 e. The maximum Gasteiger partial charge on any atom is 0.172 e. The molecule has 4 nitrogen and oxygen atoms in total. The third kappa shape index (κ3) is 3.74. The molecule has 0 unspecified atom stereocenters. The normalized spacial score (nSPS) is 15.8. The van der Waals surface area contributed by atoms with Gasteiger partial charge in [0.2, 0.25) is 0 Å². The molecule has 0 bridgehead atoms. The molecule has 0 saturated heterocycles. The lowest BCUT2D eigenvalue weighted by Crippen LogP contribution is -2.34. The van der Waals surface area contributed by atoms with Crippen molar-refractivity contribution in [2.45, 2.75) is 58.5 Å². The zero-order chi connectivity index (χ0) is 19.1. The minimum Gasteiger partial charge on any atom is -0.508 e. The van der Waals surface area contributed by atoms with E-state index < -0.39 is 0 Å². The first-order chi connectivity index (χ1) is 12.1. The van der Waals surface area contributed by atoms with Crippen molar-refractivity contribution in [2.75, 3.05) is 0 Å². The molecule has 140 valence electrons. The van der Waals surface area contributed by atoms with Gasteiger partial charge in [-0.15, -0.1) is 0 Å². The van der Waals surface area contributed by atoms with E-state index >= 15 is 0 Å². The lowest BCUT2D eigenvalue weighted by molar-refractivity contribution is 0.0599. The minimum absolute atomic E-state index is 0.0255. The molecule has 2 aromatic rings. The summed E-state index contributed by atoms with van der Waals surface area (Å²) < 4.78 is 11.8. The van der Waals surface area contributed by atoms with Gasteiger partial charge in [0.25, 0.3) is 0 Å². The predicted molar refractivity (Wildman–Crippen MR) is 102 cm³/mol. The van der Waals surface area contributed by atoms with Crippen molar-refractivity contribution in [1.29, 1.82) is 0 Å². The Kier molecular flexibility index (Phi) is 4.55. The first-order valence-electron chi connectivity index (χ1n) is 9.14. The van der Waals surface area contributed by atoms with Crippen LogP contribution in [0.2, 0.25) is 0 Å². The summed E-state index contributed by atoms with van der Waals surface area (Å²) in [6.45, 7) is 10.5. The Morgan fingerprint density at radius 2 is 1.54 bits per heavy atom. The monoisotopic (exact) mass is 356 g/mol. The molecule has 0 spiro atoms. The van der Waals surface area contributed by atoms with Crippen molar-refractivity contribution in [2.24, 2.45) is 5.92 Å². The van der Waals surface area contributed by atoms with E-state index in [4.69, 9.17) is 9.47 Å². The summed E-state index contributed by atoms with van der Waals surface area (Å²) in [4.78, 5) is 0. The Labute approximate surface area is 155 Å². The number of rotatable bonds is 6. The van der Waals surface area contributed by atoms with E-state index in [9.17, 15) is 10.2 Å². The molecule has 0 amide bonds. The quantitative estimate of drug-likeness (QED) is 0.647. The molecule has 0 heterocycles. The highest BCUT2D eigenvalue weighted by Gasteiger charge is 2.41. The number of phenolic OH excluding ortho intramolecular Hbond substituents is 2. The van der Waals surface area contributed by atoms with Gasteiger partial charge >= 0.3 is 0 Å². The standard InChI is InChI=1S/C22H28O4/c1-14(2)21(3,4)26-16-8-6-15(7-9-16)25-20-13-18(23)17(12-19(20)24)22(5)10-11-22/h6-9,12-14,23-24H,10-11H2,1-5H3. The van der Waals surface area contributed by atoms with Crippen LogP contribution in [0.1, 0.15) is 53.0 Å². The summed E-state index contributed by atoms with van der Waals surface area (Å²) >= 11 is 0. The van der Waals surface area contributed by atoms with Gasteiger partial charge in [-0.2, -0.15) is 0 Å². The first kappa shape index (κ1) is 18.4. The van der Waals surface area contributed by atoms with E-state index in [-0.39, 0.29) is 28.3 Å². The Morgan fingerprint density at radius 1 is 0.962 bits per heavy atom. The summed E-state index contributed by atoms with van der Waals surface area (Å²) in [5, 5.41) is 20.6. The number of benzene rings is 2. The number of ether oxygens (including phenoxy) is 2. The topological polar surface area (TPSA) is 58.9 Å². The molecule has 4 heteroatoms. The summed E-state index contributed by atoms with van der Waals surface area (Å²) in [6.07, 6.45) is 2.04. The van der Waals surface area contributed by atoms with Gasteiger partial charge in [0.15, 0.2) is 11.5 Å². The summed E-state index contributed by atoms with van der Waals surface area (Å²) in [7, 11) is 0. The molecule has 0 aromatic heterocycles. The summed E-state index contributed by atoms with van der Waals surface area (Å²) in [5.74, 6) is 2.15. The van der Waals surface area contributed by atoms with E-state index in [1.54, 1.807) is 18.2 Å². The Bertz CT molecular complexity index is 787. The predicted octanol–water partition coefficient (Wildman–Crippen LogP) is 5.76. The molecule has 1 fully saturated rings. The Morgan fingerprint density at radius 3 is 2.08 bits per heavy atom. The van der Waals surface area contributed by atoms with Crippen molar-refractivity contribution in [3.63, 3.8) is 0 Å². The van der Waals surface area contributed by atoms with Gasteiger partial charge < -0.3 is 19.7 Å². The molecule has 1 aliphatic carbocycles. The second-order valence-electron chi connectivity index (χ2n) is 8.33. The van der Waals surface area contributed by atoms with Crippen molar-refractivity contribution < 1.29 is 19.7 Å². The second kappa shape index (κ2) is 6.42. The highest BCUT2D eigenvalue weighted by atomic mass is 16.5. The van der Waals surface area contributed by atoms with Crippen LogP contribution in [0, 0.1) is 5.92 Å². The minimum atomic E-state index is -0.263. The average molecular weight is 356 g/mol. The SMILES string of the molecule is CC(C)C(C)(C)Oc1ccc(Oc2cc(O)c(C3(C)CC3)cc2O)cc1. The zero-order valence-corrected chi connectivity index (χ0v) is 16.2. The number of hydrogen-bond acceptors (Lipinski definition) is 4. The fourth-order valence-corrected chi connectivity index (χ4v) is 2.70. The van der Waals surface area contributed by atoms with Crippen LogP contribution in [-0.2, 0) is 5.41 Å². The van der Waals surface area contributed by atoms with Crippen LogP contribution in [0.4, 0.5) is 0 Å². The second-order valence-corrected chi connectivity index (χ2v) is 8.33. The van der Waals surface area contributed by atoms with Gasteiger partial charge in [-0.3, -0.25) is 0 Å². The zero-order valence-electron chi connectivity index (χ0n) is 16.2. The van der Waals surface area contributed by atoms with E-state index in [0.717, 1.165) is 24.2 Å². The van der Waals surface area contributed by atoms with Crippen LogP contribution in [0.15, 0.2) is 36.4 Å². The third-order valence-corrected chi connectivity index (χ3v) is 5.55. The Balaban J connectivity index is 1.74. The van der Waals surface area contributed by atoms with Gasteiger partial charge in [-0.25, -0.2) is 0 Å². The number of phenols is 2. The van der Waals surface area contributed by atoms with Crippen LogP contribution in [-0.4, -0.2) is 15.8 Å². The van der Waals surface area contributed by atoms with Crippen molar-refractivity contribution >= 4 is 0 Å². The Hall–Kier alpha value is -2.36. The smallest absolute Gasteiger partial charge is 0.172 e. The fraction of sp³-hybridized carbons (Fsp3) is 0.455. The van der Waals surface area contributed by atoms with E-state index in [1.165, 1.54) is 6.07 Å². The molecule has 1 aliphatic rings. The molecule has 2 N–H and O–H groups in total. The van der Waals surface area contributed by atoms with Crippen molar-refractivity contribution in [3.8, 4) is 28.7 Å². The highest BCUT2D eigenvalue weighted by molar-refractivity contribution is 5.54. The lowest BCUT2D eigenvalue weighted by Gasteiger charge is -2.30. The van der Waals surface area contributed by atoms with Crippen LogP contribution in [0.5, 0.6) is 28.7 Å². The third-order valence-electron chi connectivity index (χ3n) is 5.55. The summed E-state index contributed by atoms with van der Waals surface area (Å²) in [6, 6.07) is 10.4. The molecule has 2 aromatic carbocycles. The number of hydrogen-bond donors (Lipinski definition) is 2. The van der Waals surface area contributed by atoms with Crippen molar-refractivity contribution in [1.82, 2.24) is 0 Å². The average Bonchev–Trinajstić information content (AvgIpc) is 3.30. The van der Waals surface area contributed by atoms with Crippen LogP contribution in [0.3, 0.4) is 0 Å². The van der Waals surface area contributed by atoms with Gasteiger partial charge in [0.1, 0.15) is 22.8 Å². The van der Waals surface area contributed by atoms with E-state index in [1.807, 2.05) is 12.1 Å². The lowest BCUT2D eigenvalue weighted by atomic mass is 9.94. The maximum atomic E-state index is 10.3.